The molecular formula is C15H10BrF3N6O. The van der Waals surface area contributed by atoms with E-state index in [0.717, 1.165) is 6.07 Å². The lowest BCUT2D eigenvalue weighted by atomic mass is 9.93. The van der Waals surface area contributed by atoms with Crippen LogP contribution in [0.5, 0.6) is 0 Å². The zero-order valence-corrected chi connectivity index (χ0v) is 14.4. The number of H-pyrrole nitrogens is 1. The van der Waals surface area contributed by atoms with Gasteiger partial charge >= 0.3 is 12.2 Å². The van der Waals surface area contributed by atoms with E-state index in [1.54, 1.807) is 0 Å². The number of anilines is 1. The average molecular weight is 427 g/mol. The summed E-state index contributed by atoms with van der Waals surface area (Å²) in [6.07, 6.45) is -4.59. The molecule has 0 spiro atoms. The van der Waals surface area contributed by atoms with Crippen molar-refractivity contribution in [3.8, 4) is 22.5 Å². The van der Waals surface area contributed by atoms with Crippen molar-refractivity contribution in [1.29, 1.82) is 0 Å². The number of aromatic nitrogens is 4. The van der Waals surface area contributed by atoms with Crippen LogP contribution >= 0.6 is 15.9 Å². The monoisotopic (exact) mass is 426 g/mol. The molecule has 3 aromatic rings. The highest BCUT2D eigenvalue weighted by atomic mass is 79.9. The van der Waals surface area contributed by atoms with E-state index in [9.17, 15) is 18.0 Å². The summed E-state index contributed by atoms with van der Waals surface area (Å²) in [4.78, 5) is 11.3. The largest absolute Gasteiger partial charge is 0.417 e. The van der Waals surface area contributed by atoms with Crippen LogP contribution in [-0.2, 0) is 6.18 Å². The third kappa shape index (κ3) is 3.38. The molecule has 26 heavy (non-hydrogen) atoms. The minimum Gasteiger partial charge on any atom is -0.351 e. The maximum Gasteiger partial charge on any atom is 0.417 e. The third-order valence-electron chi connectivity index (χ3n) is 3.48. The molecule has 0 fully saturated rings. The Hall–Kier alpha value is -2.95. The molecule has 11 heteroatoms. The number of carbonyl (C=O) groups is 1. The number of hydrogen-bond acceptors (Lipinski definition) is 4. The number of halogens is 4. The van der Waals surface area contributed by atoms with Gasteiger partial charge in [-0.2, -0.15) is 18.4 Å². The van der Waals surface area contributed by atoms with Crippen LogP contribution in [0.3, 0.4) is 0 Å². The van der Waals surface area contributed by atoms with Gasteiger partial charge in [0.2, 0.25) is 5.82 Å². The number of alkyl halides is 3. The average Bonchev–Trinajstić information content (AvgIpc) is 3.09. The topological polar surface area (TPSA) is 110 Å². The van der Waals surface area contributed by atoms with Gasteiger partial charge in [-0.3, -0.25) is 0 Å². The summed E-state index contributed by atoms with van der Waals surface area (Å²) in [5.41, 5.74) is 4.64. The highest BCUT2D eigenvalue weighted by Crippen LogP contribution is 2.45. The van der Waals surface area contributed by atoms with E-state index in [1.165, 1.54) is 30.3 Å². The van der Waals surface area contributed by atoms with Gasteiger partial charge in [-0.15, -0.1) is 10.2 Å². The molecular weight excluding hydrogens is 417 g/mol. The third-order valence-corrected chi connectivity index (χ3v) is 4.14. The fourth-order valence-corrected chi connectivity index (χ4v) is 3.07. The lowest BCUT2D eigenvalue weighted by Crippen LogP contribution is -2.20. The molecule has 7 nitrogen and oxygen atoms in total. The van der Waals surface area contributed by atoms with Gasteiger partial charge in [0, 0.05) is 10.0 Å². The number of nitrogens with two attached hydrogens (primary N) is 1. The fraction of sp³-hybridized carbons (Fsp3) is 0.0667. The highest BCUT2D eigenvalue weighted by molar-refractivity contribution is 9.10. The smallest absolute Gasteiger partial charge is 0.351 e. The minimum atomic E-state index is -4.59. The van der Waals surface area contributed by atoms with Crippen molar-refractivity contribution < 1.29 is 18.0 Å². The van der Waals surface area contributed by atoms with Crippen molar-refractivity contribution in [3.63, 3.8) is 0 Å². The van der Waals surface area contributed by atoms with Gasteiger partial charge in [0.05, 0.1) is 16.8 Å². The van der Waals surface area contributed by atoms with Gasteiger partial charge in [-0.1, -0.05) is 34.1 Å². The van der Waals surface area contributed by atoms with Crippen LogP contribution in [-0.4, -0.2) is 26.7 Å². The van der Waals surface area contributed by atoms with Crippen LogP contribution < -0.4 is 11.1 Å². The SMILES string of the molecule is NC(=O)Nc1ccc(Br)c(-c2ccccc2C(F)(F)F)c1-c1nn[nH]n1. The number of nitrogens with one attached hydrogen (secondary N) is 2. The van der Waals surface area contributed by atoms with Crippen LogP contribution in [0.2, 0.25) is 0 Å². The zero-order chi connectivity index (χ0) is 18.9. The molecule has 0 aliphatic heterocycles. The van der Waals surface area contributed by atoms with Gasteiger partial charge in [0.1, 0.15) is 0 Å². The van der Waals surface area contributed by atoms with Crippen molar-refractivity contribution in [2.24, 2.45) is 5.73 Å². The van der Waals surface area contributed by atoms with Crippen LogP contribution in [0.15, 0.2) is 40.9 Å². The Morgan fingerprint density at radius 2 is 1.88 bits per heavy atom. The molecule has 0 saturated heterocycles. The van der Waals surface area contributed by atoms with E-state index in [1.807, 2.05) is 0 Å². The molecule has 1 heterocycles. The number of rotatable bonds is 3. The van der Waals surface area contributed by atoms with E-state index in [0.29, 0.717) is 4.47 Å². The number of carbonyl (C=O) groups excluding carboxylic acids is 1. The Morgan fingerprint density at radius 3 is 2.50 bits per heavy atom. The minimum absolute atomic E-state index is 0.00188. The van der Waals surface area contributed by atoms with E-state index >= 15 is 0 Å². The first-order chi connectivity index (χ1) is 12.3. The number of urea groups is 1. The molecule has 1 aromatic heterocycles. The van der Waals surface area contributed by atoms with Crippen molar-refractivity contribution in [3.05, 3.63) is 46.4 Å². The molecule has 134 valence electrons. The van der Waals surface area contributed by atoms with Crippen LogP contribution in [0.4, 0.5) is 23.7 Å². The first kappa shape index (κ1) is 17.9. The summed E-state index contributed by atoms with van der Waals surface area (Å²) in [7, 11) is 0. The van der Waals surface area contributed by atoms with Crippen molar-refractivity contribution in [2.45, 2.75) is 6.18 Å². The molecule has 0 aliphatic carbocycles. The highest BCUT2D eigenvalue weighted by Gasteiger charge is 2.35. The van der Waals surface area contributed by atoms with E-state index in [2.05, 4.69) is 41.9 Å². The lowest BCUT2D eigenvalue weighted by Gasteiger charge is -2.18. The molecule has 2 amide bonds. The van der Waals surface area contributed by atoms with E-state index in [-0.39, 0.29) is 28.2 Å². The normalized spacial score (nSPS) is 11.4. The summed E-state index contributed by atoms with van der Waals surface area (Å²) >= 11 is 3.27. The molecule has 0 bridgehead atoms. The molecule has 0 radical (unpaired) electrons. The molecule has 4 N–H and O–H groups in total. The number of aromatic amines is 1. The number of benzene rings is 2. The molecule has 3 rings (SSSR count). The Kier molecular flexibility index (Phi) is 4.64. The van der Waals surface area contributed by atoms with Gasteiger partial charge in [0.25, 0.3) is 0 Å². The van der Waals surface area contributed by atoms with Crippen LogP contribution in [0.1, 0.15) is 5.56 Å². The van der Waals surface area contributed by atoms with Crippen LogP contribution in [0, 0.1) is 0 Å². The Bertz CT molecular complexity index is 959. The Labute approximate surface area is 152 Å². The molecule has 2 aromatic carbocycles. The van der Waals surface area contributed by atoms with Gasteiger partial charge in [0.15, 0.2) is 0 Å². The van der Waals surface area contributed by atoms with Gasteiger partial charge < -0.3 is 11.1 Å². The standard InChI is InChI=1S/C15H10BrF3N6O/c16-9-5-6-10(21-14(20)26)12(13-22-24-25-23-13)11(9)7-3-1-2-4-8(7)15(17,18)19/h1-6H,(H3,20,21,26)(H,22,23,24,25). The maximum absolute atomic E-state index is 13.5. The van der Waals surface area contributed by atoms with Crippen molar-refractivity contribution in [2.75, 3.05) is 5.32 Å². The Balaban J connectivity index is 2.37. The second kappa shape index (κ2) is 6.75. The number of primary amides is 1. The summed E-state index contributed by atoms with van der Waals surface area (Å²) in [6, 6.07) is 7.14. The van der Waals surface area contributed by atoms with Crippen molar-refractivity contribution in [1.82, 2.24) is 20.6 Å². The lowest BCUT2D eigenvalue weighted by molar-refractivity contribution is -0.137. The first-order valence-corrected chi connectivity index (χ1v) is 7.87. The number of nitrogens with zero attached hydrogens (tertiary/aromatic N) is 3. The second-order valence-electron chi connectivity index (χ2n) is 5.11. The summed E-state index contributed by atoms with van der Waals surface area (Å²) in [5.74, 6) is 0.00188. The predicted molar refractivity (Wildman–Crippen MR) is 91.0 cm³/mol. The Morgan fingerprint density at radius 1 is 1.15 bits per heavy atom. The molecule has 0 unspecified atom stereocenters. The van der Waals surface area contributed by atoms with Gasteiger partial charge in [-0.05, 0) is 29.0 Å². The summed E-state index contributed by atoms with van der Waals surface area (Å²) in [5, 5.41) is 15.7. The van der Waals surface area contributed by atoms with E-state index in [4.69, 9.17) is 5.73 Å². The summed E-state index contributed by atoms with van der Waals surface area (Å²) < 4.78 is 40.8. The van der Waals surface area contributed by atoms with E-state index < -0.39 is 17.8 Å². The molecule has 0 atom stereocenters. The predicted octanol–water partition coefficient (Wildman–Crippen LogP) is 3.81. The van der Waals surface area contributed by atoms with Crippen LogP contribution in [0.25, 0.3) is 22.5 Å². The second-order valence-corrected chi connectivity index (χ2v) is 5.97. The number of hydrogen-bond donors (Lipinski definition) is 3. The maximum atomic E-state index is 13.5. The first-order valence-electron chi connectivity index (χ1n) is 7.08. The molecule has 0 saturated carbocycles. The quantitative estimate of drug-likeness (QED) is 0.591. The molecule has 0 aliphatic rings. The number of amides is 2. The number of tetrazole rings is 1. The van der Waals surface area contributed by atoms with Crippen molar-refractivity contribution >= 4 is 27.6 Å². The fourth-order valence-electron chi connectivity index (χ4n) is 2.53. The summed E-state index contributed by atoms with van der Waals surface area (Å²) in [6.45, 7) is 0. The zero-order valence-electron chi connectivity index (χ0n) is 12.8. The van der Waals surface area contributed by atoms with Gasteiger partial charge in [-0.25, -0.2) is 4.79 Å².